The maximum absolute atomic E-state index is 12.9. The fourth-order valence-corrected chi connectivity index (χ4v) is 1.45. The first kappa shape index (κ1) is 8.96. The van der Waals surface area contributed by atoms with E-state index >= 15 is 0 Å². The van der Waals surface area contributed by atoms with Crippen LogP contribution in [0.5, 0.6) is 0 Å². The van der Waals surface area contributed by atoms with Crippen molar-refractivity contribution < 1.29 is 9.50 Å². The van der Waals surface area contributed by atoms with Gasteiger partial charge >= 0.3 is 5.69 Å². The van der Waals surface area contributed by atoms with E-state index in [1.807, 2.05) is 0 Å². The zero-order chi connectivity index (χ0) is 10.1. The second-order valence-corrected chi connectivity index (χ2v) is 2.97. The van der Waals surface area contributed by atoms with Gasteiger partial charge in [0.1, 0.15) is 5.82 Å². The van der Waals surface area contributed by atoms with Crippen molar-refractivity contribution in [2.45, 2.75) is 6.54 Å². The number of benzene rings is 1. The molecule has 2 rings (SSSR count). The highest BCUT2D eigenvalue weighted by molar-refractivity contribution is 5.75. The molecule has 0 fully saturated rings. The predicted octanol–water partition coefficient (Wildman–Crippen LogP) is 0.461. The summed E-state index contributed by atoms with van der Waals surface area (Å²) in [6.45, 7) is 0.0195. The number of fused-ring (bicyclic) bond motifs is 1. The van der Waals surface area contributed by atoms with Gasteiger partial charge in [-0.3, -0.25) is 4.57 Å². The number of H-pyrrole nitrogens is 1. The van der Waals surface area contributed by atoms with Crippen LogP contribution >= 0.6 is 0 Å². The molecule has 5 heteroatoms. The molecule has 2 N–H and O–H groups in total. The van der Waals surface area contributed by atoms with E-state index in [-0.39, 0.29) is 18.8 Å². The van der Waals surface area contributed by atoms with Gasteiger partial charge in [0, 0.05) is 0 Å². The van der Waals surface area contributed by atoms with Crippen LogP contribution in [0.15, 0.2) is 23.0 Å². The standard InChI is InChI=1S/C9H9FN2O2/c10-6-1-2-7-8(5-6)12(3-4-13)9(14)11-7/h1-2,5,13H,3-4H2,(H,11,14). The Morgan fingerprint density at radius 1 is 1.50 bits per heavy atom. The summed E-state index contributed by atoms with van der Waals surface area (Å²) >= 11 is 0. The van der Waals surface area contributed by atoms with Gasteiger partial charge in [-0.25, -0.2) is 9.18 Å². The molecule has 0 aliphatic heterocycles. The minimum Gasteiger partial charge on any atom is -0.395 e. The van der Waals surface area contributed by atoms with E-state index in [2.05, 4.69) is 4.98 Å². The van der Waals surface area contributed by atoms with E-state index in [4.69, 9.17) is 5.11 Å². The third-order valence-electron chi connectivity index (χ3n) is 2.06. The second-order valence-electron chi connectivity index (χ2n) is 2.97. The highest BCUT2D eigenvalue weighted by Crippen LogP contribution is 2.11. The molecule has 0 saturated heterocycles. The lowest BCUT2D eigenvalue weighted by Crippen LogP contribution is -2.18. The Morgan fingerprint density at radius 2 is 2.29 bits per heavy atom. The van der Waals surface area contributed by atoms with E-state index in [1.54, 1.807) is 0 Å². The molecule has 0 amide bonds. The number of aliphatic hydroxyl groups is 1. The molecule has 1 heterocycles. The number of nitrogens with one attached hydrogen (secondary N) is 1. The molecule has 0 unspecified atom stereocenters. The van der Waals surface area contributed by atoms with E-state index in [0.717, 1.165) is 0 Å². The van der Waals surface area contributed by atoms with Crippen LogP contribution in [0.25, 0.3) is 11.0 Å². The molecule has 0 spiro atoms. The van der Waals surface area contributed by atoms with E-state index in [1.165, 1.54) is 22.8 Å². The van der Waals surface area contributed by atoms with Crippen molar-refractivity contribution in [2.75, 3.05) is 6.61 Å². The molecule has 0 radical (unpaired) electrons. The van der Waals surface area contributed by atoms with Crippen molar-refractivity contribution in [1.29, 1.82) is 0 Å². The van der Waals surface area contributed by atoms with Gasteiger partial charge in [-0.2, -0.15) is 0 Å². The lowest BCUT2D eigenvalue weighted by atomic mass is 10.3. The average Bonchev–Trinajstić information content (AvgIpc) is 2.45. The summed E-state index contributed by atoms with van der Waals surface area (Å²) in [5.74, 6) is -0.400. The normalized spacial score (nSPS) is 11.0. The minimum atomic E-state index is -0.400. The number of imidazole rings is 1. The largest absolute Gasteiger partial charge is 0.395 e. The lowest BCUT2D eigenvalue weighted by molar-refractivity contribution is 0.276. The van der Waals surface area contributed by atoms with E-state index < -0.39 is 5.82 Å². The molecule has 14 heavy (non-hydrogen) atoms. The van der Waals surface area contributed by atoms with Gasteiger partial charge in [0.15, 0.2) is 0 Å². The van der Waals surface area contributed by atoms with Crippen LogP contribution in [-0.4, -0.2) is 21.3 Å². The maximum Gasteiger partial charge on any atom is 0.326 e. The molecular weight excluding hydrogens is 187 g/mol. The van der Waals surface area contributed by atoms with Crippen LogP contribution in [-0.2, 0) is 6.54 Å². The first-order valence-corrected chi connectivity index (χ1v) is 4.21. The summed E-state index contributed by atoms with van der Waals surface area (Å²) in [5.41, 5.74) is 0.716. The number of rotatable bonds is 2. The molecule has 4 nitrogen and oxygen atoms in total. The Labute approximate surface area is 78.6 Å². The van der Waals surface area contributed by atoms with E-state index in [0.29, 0.717) is 11.0 Å². The van der Waals surface area contributed by atoms with Crippen LogP contribution in [0.2, 0.25) is 0 Å². The van der Waals surface area contributed by atoms with Crippen molar-refractivity contribution in [2.24, 2.45) is 0 Å². The fraction of sp³-hybridized carbons (Fsp3) is 0.222. The van der Waals surface area contributed by atoms with Gasteiger partial charge in [0.05, 0.1) is 24.2 Å². The third kappa shape index (κ3) is 1.31. The van der Waals surface area contributed by atoms with Gasteiger partial charge in [-0.15, -0.1) is 0 Å². The number of halogens is 1. The second kappa shape index (κ2) is 3.26. The molecule has 74 valence electrons. The highest BCUT2D eigenvalue weighted by atomic mass is 19.1. The van der Waals surface area contributed by atoms with Gasteiger partial charge in [0.2, 0.25) is 0 Å². The molecule has 2 aromatic rings. The highest BCUT2D eigenvalue weighted by Gasteiger charge is 2.06. The van der Waals surface area contributed by atoms with Crippen molar-refractivity contribution in [1.82, 2.24) is 9.55 Å². The Bertz CT molecular complexity index is 515. The minimum absolute atomic E-state index is 0.149. The predicted molar refractivity (Wildman–Crippen MR) is 49.6 cm³/mol. The fourth-order valence-electron chi connectivity index (χ4n) is 1.45. The van der Waals surface area contributed by atoms with Crippen molar-refractivity contribution in [3.05, 3.63) is 34.5 Å². The number of hydrogen-bond acceptors (Lipinski definition) is 2. The van der Waals surface area contributed by atoms with Crippen LogP contribution in [0.3, 0.4) is 0 Å². The molecule has 0 aliphatic rings. The Morgan fingerprint density at radius 3 is 3.00 bits per heavy atom. The summed E-state index contributed by atoms with van der Waals surface area (Å²) in [6.07, 6.45) is 0. The van der Waals surface area contributed by atoms with Gasteiger partial charge in [-0.1, -0.05) is 0 Å². The Balaban J connectivity index is 2.73. The zero-order valence-electron chi connectivity index (χ0n) is 7.33. The van der Waals surface area contributed by atoms with Crippen LogP contribution in [0.4, 0.5) is 4.39 Å². The molecule has 0 bridgehead atoms. The SMILES string of the molecule is O=c1[nH]c2ccc(F)cc2n1CCO. The third-order valence-corrected chi connectivity index (χ3v) is 2.06. The zero-order valence-corrected chi connectivity index (χ0v) is 7.33. The summed E-state index contributed by atoms with van der Waals surface area (Å²) in [6, 6.07) is 4.05. The summed E-state index contributed by atoms with van der Waals surface area (Å²) in [7, 11) is 0. The van der Waals surface area contributed by atoms with Crippen molar-refractivity contribution >= 4 is 11.0 Å². The Hall–Kier alpha value is -1.62. The van der Waals surface area contributed by atoms with Crippen molar-refractivity contribution in [3.8, 4) is 0 Å². The number of aliphatic hydroxyl groups excluding tert-OH is 1. The first-order chi connectivity index (χ1) is 6.72. The maximum atomic E-state index is 12.9. The molecule has 1 aromatic carbocycles. The first-order valence-electron chi connectivity index (χ1n) is 4.21. The molecule has 1 aromatic heterocycles. The topological polar surface area (TPSA) is 58.0 Å². The number of aromatic nitrogens is 2. The molecule has 0 aliphatic carbocycles. The molecule has 0 saturated carbocycles. The van der Waals surface area contributed by atoms with Crippen molar-refractivity contribution in [3.63, 3.8) is 0 Å². The average molecular weight is 196 g/mol. The molecular formula is C9H9FN2O2. The summed E-state index contributed by atoms with van der Waals surface area (Å²) in [5, 5.41) is 8.72. The summed E-state index contributed by atoms with van der Waals surface area (Å²) in [4.78, 5) is 13.9. The van der Waals surface area contributed by atoms with Gasteiger partial charge < -0.3 is 10.1 Å². The monoisotopic (exact) mass is 196 g/mol. The Kier molecular flexibility index (Phi) is 2.09. The van der Waals surface area contributed by atoms with Crippen LogP contribution in [0, 0.1) is 5.82 Å². The molecule has 0 atom stereocenters. The van der Waals surface area contributed by atoms with Gasteiger partial charge in [-0.05, 0) is 18.2 Å². The number of hydrogen-bond donors (Lipinski definition) is 2. The van der Waals surface area contributed by atoms with Gasteiger partial charge in [0.25, 0.3) is 0 Å². The quantitative estimate of drug-likeness (QED) is 0.733. The van der Waals surface area contributed by atoms with Crippen LogP contribution < -0.4 is 5.69 Å². The number of aromatic amines is 1. The summed E-state index contributed by atoms with van der Waals surface area (Å²) < 4.78 is 14.2. The van der Waals surface area contributed by atoms with E-state index in [9.17, 15) is 9.18 Å². The smallest absolute Gasteiger partial charge is 0.326 e. The number of nitrogens with zero attached hydrogens (tertiary/aromatic N) is 1. The lowest BCUT2D eigenvalue weighted by Gasteiger charge is -1.98. The van der Waals surface area contributed by atoms with Crippen LogP contribution in [0.1, 0.15) is 0 Å².